The average molecular weight is 654 g/mol. The topological polar surface area (TPSA) is 24.7 Å². The summed E-state index contributed by atoms with van der Waals surface area (Å²) in [4.78, 5) is 1.69. The van der Waals surface area contributed by atoms with Gasteiger partial charge < -0.3 is 14.2 Å². The maximum Gasteiger partial charge on any atom is 0.417 e. The second-order valence-corrected chi connectivity index (χ2v) is 10.7. The first kappa shape index (κ1) is 32.4. The lowest BCUT2D eigenvalue weighted by Crippen LogP contribution is -2.68. The standard InChI is InChI=1S/C31H21BF10N2O2/c1-43(2)16-9-5-14(6-10-16)18-13-19(15-7-11-17(12-8-15)44(3)4)46-32(45-18,20-22(33)26(37)30(41)27(38)23(20)34)21-24(35)28(39)31(42)29(40)25(21)36/h5-13H,1-4H3. The summed E-state index contributed by atoms with van der Waals surface area (Å²) in [6.07, 6.45) is 6.86. The Labute approximate surface area is 255 Å². The molecule has 0 saturated heterocycles. The third-order valence-electron chi connectivity index (χ3n) is 7.43. The van der Waals surface area contributed by atoms with Crippen LogP contribution in [0, 0.1) is 58.2 Å². The minimum absolute atomic E-state index is 0.00954. The molecule has 5 rings (SSSR count). The highest BCUT2D eigenvalue weighted by atomic mass is 19.2. The lowest BCUT2D eigenvalue weighted by atomic mass is 9.44. The van der Waals surface area contributed by atoms with Crippen LogP contribution in [-0.4, -0.2) is 45.0 Å². The molecule has 3 aromatic rings. The van der Waals surface area contributed by atoms with Gasteiger partial charge in [-0.1, -0.05) is 0 Å². The zero-order valence-corrected chi connectivity index (χ0v) is 24.3. The SMILES string of the molecule is CN(C)c1ccc(C2=CC(=C3C=CC(=[N+](C)C)C=C3)O[B-](c3c(F)c(F)c(F)c(F)c3F)(c3c(F)c(F)c(F)c(F)c3F)O2)cc1. The second-order valence-electron chi connectivity index (χ2n) is 10.7. The summed E-state index contributed by atoms with van der Waals surface area (Å²) in [5.41, 5.74) is -2.96. The van der Waals surface area contributed by atoms with Crippen LogP contribution < -0.4 is 15.8 Å². The molecule has 0 bridgehead atoms. The lowest BCUT2D eigenvalue weighted by molar-refractivity contribution is -0.462. The number of benzene rings is 3. The zero-order valence-electron chi connectivity index (χ0n) is 24.3. The van der Waals surface area contributed by atoms with Crippen molar-refractivity contribution in [2.45, 2.75) is 0 Å². The van der Waals surface area contributed by atoms with E-state index in [0.29, 0.717) is 11.4 Å². The molecule has 0 saturated carbocycles. The molecular formula is C31H21BF10N2O2. The van der Waals surface area contributed by atoms with Crippen molar-refractivity contribution in [1.82, 2.24) is 0 Å². The van der Waals surface area contributed by atoms with Crippen molar-refractivity contribution in [3.05, 3.63) is 130 Å². The van der Waals surface area contributed by atoms with E-state index in [2.05, 4.69) is 0 Å². The van der Waals surface area contributed by atoms with E-state index < -0.39 is 87.2 Å². The van der Waals surface area contributed by atoms with Crippen LogP contribution in [0.5, 0.6) is 0 Å². The normalized spacial score (nSPS) is 15.5. The summed E-state index contributed by atoms with van der Waals surface area (Å²) in [7, 11) is 6.79. The van der Waals surface area contributed by atoms with Gasteiger partial charge in [0.25, 0.3) is 0 Å². The van der Waals surface area contributed by atoms with Crippen LogP contribution in [-0.2, 0) is 9.31 Å². The average Bonchev–Trinajstić information content (AvgIpc) is 3.04. The Morgan fingerprint density at radius 3 is 1.37 bits per heavy atom. The smallest absolute Gasteiger partial charge is 0.417 e. The fourth-order valence-electron chi connectivity index (χ4n) is 5.01. The molecular weight excluding hydrogens is 633 g/mol. The number of anilines is 1. The van der Waals surface area contributed by atoms with Crippen LogP contribution in [0.3, 0.4) is 0 Å². The maximum absolute atomic E-state index is 15.6. The van der Waals surface area contributed by atoms with Crippen molar-refractivity contribution in [3.8, 4) is 0 Å². The van der Waals surface area contributed by atoms with Gasteiger partial charge in [-0.05, 0) is 47.3 Å². The molecule has 0 fully saturated rings. The maximum atomic E-state index is 15.6. The van der Waals surface area contributed by atoms with E-state index in [-0.39, 0.29) is 11.1 Å². The van der Waals surface area contributed by atoms with Crippen LogP contribution in [0.15, 0.2) is 66.0 Å². The van der Waals surface area contributed by atoms with Crippen molar-refractivity contribution in [2.24, 2.45) is 0 Å². The molecule has 0 amide bonds. The molecule has 15 heteroatoms. The van der Waals surface area contributed by atoms with Gasteiger partial charge in [-0.3, -0.25) is 0 Å². The summed E-state index contributed by atoms with van der Waals surface area (Å²) in [5, 5.41) is 0. The van der Waals surface area contributed by atoms with Crippen LogP contribution in [0.1, 0.15) is 5.56 Å². The van der Waals surface area contributed by atoms with Gasteiger partial charge in [0.1, 0.15) is 37.4 Å². The molecule has 3 aromatic carbocycles. The number of hydrogen-bond acceptors (Lipinski definition) is 3. The highest BCUT2D eigenvalue weighted by Crippen LogP contribution is 2.37. The van der Waals surface area contributed by atoms with Crippen molar-refractivity contribution in [3.63, 3.8) is 0 Å². The van der Waals surface area contributed by atoms with E-state index in [1.54, 1.807) is 37.7 Å². The Bertz CT molecular complexity index is 1800. The number of nitrogens with zero attached hydrogens (tertiary/aromatic N) is 2. The molecule has 1 heterocycles. The second kappa shape index (κ2) is 11.8. The molecule has 0 aromatic heterocycles. The van der Waals surface area contributed by atoms with Gasteiger partial charge in [0.2, 0.25) is 0 Å². The minimum atomic E-state index is -5.03. The third kappa shape index (κ3) is 5.12. The Morgan fingerprint density at radius 1 is 0.565 bits per heavy atom. The van der Waals surface area contributed by atoms with Gasteiger partial charge in [0, 0.05) is 49.1 Å². The quantitative estimate of drug-likeness (QED) is 0.116. The summed E-state index contributed by atoms with van der Waals surface area (Å²) < 4.78 is 162. The van der Waals surface area contributed by atoms with E-state index in [1.807, 2.05) is 0 Å². The summed E-state index contributed by atoms with van der Waals surface area (Å²) >= 11 is 0. The fraction of sp³-hybridized carbons (Fsp3) is 0.129. The molecule has 0 atom stereocenters. The number of halogens is 10. The van der Waals surface area contributed by atoms with E-state index in [9.17, 15) is 26.3 Å². The van der Waals surface area contributed by atoms with Crippen LogP contribution in [0.4, 0.5) is 49.6 Å². The summed E-state index contributed by atoms with van der Waals surface area (Å²) in [6, 6.07) is 5.78. The molecule has 1 aliphatic heterocycles. The zero-order chi connectivity index (χ0) is 33.8. The van der Waals surface area contributed by atoms with Gasteiger partial charge in [0.15, 0.2) is 40.6 Å². The molecule has 0 spiro atoms. The highest BCUT2D eigenvalue weighted by Gasteiger charge is 2.51. The molecule has 0 radical (unpaired) electrons. The predicted molar refractivity (Wildman–Crippen MR) is 151 cm³/mol. The van der Waals surface area contributed by atoms with Gasteiger partial charge in [-0.2, -0.15) is 0 Å². The van der Waals surface area contributed by atoms with Crippen molar-refractivity contribution >= 4 is 34.6 Å². The first-order valence-corrected chi connectivity index (χ1v) is 13.3. The Morgan fingerprint density at radius 2 is 0.978 bits per heavy atom. The number of allylic oxidation sites excluding steroid dienone is 6. The predicted octanol–water partition coefficient (Wildman–Crippen LogP) is 5.88. The van der Waals surface area contributed by atoms with E-state index in [4.69, 9.17) is 9.31 Å². The van der Waals surface area contributed by atoms with Gasteiger partial charge in [-0.25, -0.2) is 48.5 Å². The molecule has 4 nitrogen and oxygen atoms in total. The largest absolute Gasteiger partial charge is 0.675 e. The molecule has 46 heavy (non-hydrogen) atoms. The molecule has 0 unspecified atom stereocenters. The van der Waals surface area contributed by atoms with E-state index in [0.717, 1.165) is 6.08 Å². The van der Waals surface area contributed by atoms with Crippen LogP contribution in [0.2, 0.25) is 0 Å². The van der Waals surface area contributed by atoms with Gasteiger partial charge >= 0.3 is 6.55 Å². The molecule has 0 N–H and O–H groups in total. The minimum Gasteiger partial charge on any atom is -0.675 e. The lowest BCUT2D eigenvalue weighted by Gasteiger charge is -2.48. The molecule has 240 valence electrons. The summed E-state index contributed by atoms with van der Waals surface area (Å²) in [6.45, 7) is -5.03. The van der Waals surface area contributed by atoms with Crippen molar-refractivity contribution in [2.75, 3.05) is 33.1 Å². The van der Waals surface area contributed by atoms with E-state index in [1.165, 1.54) is 48.6 Å². The Kier molecular flexibility index (Phi) is 8.30. The Balaban J connectivity index is 1.94. The summed E-state index contributed by atoms with van der Waals surface area (Å²) in [5.74, 6) is -27.5. The van der Waals surface area contributed by atoms with E-state index >= 15 is 17.6 Å². The van der Waals surface area contributed by atoms with Crippen LogP contribution >= 0.6 is 0 Å². The molecule has 2 aliphatic rings. The van der Waals surface area contributed by atoms with Gasteiger partial charge in [0.05, 0.1) is 11.5 Å². The third-order valence-corrected chi connectivity index (χ3v) is 7.43. The first-order chi connectivity index (χ1) is 21.6. The van der Waals surface area contributed by atoms with Crippen LogP contribution in [0.25, 0.3) is 5.76 Å². The first-order valence-electron chi connectivity index (χ1n) is 13.3. The monoisotopic (exact) mass is 654 g/mol. The molecule has 1 aliphatic carbocycles. The Hall–Kier alpha value is -4.95. The number of hydrogen-bond donors (Lipinski definition) is 0. The number of rotatable bonds is 4. The fourth-order valence-corrected chi connectivity index (χ4v) is 5.01. The highest BCUT2D eigenvalue weighted by molar-refractivity contribution is 6.93. The van der Waals surface area contributed by atoms with Gasteiger partial charge in [-0.15, -0.1) is 0 Å². The van der Waals surface area contributed by atoms with Crippen molar-refractivity contribution < 1.29 is 57.8 Å². The van der Waals surface area contributed by atoms with Crippen molar-refractivity contribution in [1.29, 1.82) is 0 Å².